The van der Waals surface area contributed by atoms with Crippen LogP contribution in [0.5, 0.6) is 11.5 Å². The molecule has 1 aromatic carbocycles. The summed E-state index contributed by atoms with van der Waals surface area (Å²) in [6.45, 7) is 1.61. The maximum Gasteiger partial charge on any atom is 0.273 e. The molecule has 6 nitrogen and oxygen atoms in total. The van der Waals surface area contributed by atoms with Crippen LogP contribution in [0.3, 0.4) is 0 Å². The predicted molar refractivity (Wildman–Crippen MR) is 56.8 cm³/mol. The van der Waals surface area contributed by atoms with Crippen molar-refractivity contribution in [2.24, 2.45) is 0 Å². The van der Waals surface area contributed by atoms with Crippen LogP contribution in [-0.2, 0) is 0 Å². The van der Waals surface area contributed by atoms with E-state index in [9.17, 15) is 10.1 Å². The fraction of sp³-hybridized carbons (Fsp3) is 0.400. The van der Waals surface area contributed by atoms with Gasteiger partial charge in [-0.3, -0.25) is 10.1 Å². The highest BCUT2D eigenvalue weighted by atomic mass is 16.6. The normalized spacial score (nSPS) is 11.9. The zero-order chi connectivity index (χ0) is 12.1. The molecule has 0 radical (unpaired) electrons. The minimum absolute atomic E-state index is 0.0531. The number of nitrogens with zero attached hydrogens (tertiary/aromatic N) is 1. The average molecular weight is 227 g/mol. The van der Waals surface area contributed by atoms with Gasteiger partial charge in [0.1, 0.15) is 6.61 Å². The summed E-state index contributed by atoms with van der Waals surface area (Å²) in [5.74, 6) is 0.642. The molecule has 0 saturated carbocycles. The van der Waals surface area contributed by atoms with E-state index in [1.807, 2.05) is 0 Å². The zero-order valence-corrected chi connectivity index (χ0v) is 9.04. The number of nitro benzene ring substituents is 1. The third-order valence-electron chi connectivity index (χ3n) is 1.84. The van der Waals surface area contributed by atoms with Gasteiger partial charge >= 0.3 is 0 Å². The zero-order valence-electron chi connectivity index (χ0n) is 9.04. The third-order valence-corrected chi connectivity index (χ3v) is 1.84. The third kappa shape index (κ3) is 3.09. The van der Waals surface area contributed by atoms with Gasteiger partial charge in [-0.15, -0.1) is 0 Å². The van der Waals surface area contributed by atoms with Gasteiger partial charge in [-0.05, 0) is 13.0 Å². The van der Waals surface area contributed by atoms with Crippen molar-refractivity contribution in [3.05, 3.63) is 28.3 Å². The molecule has 0 fully saturated rings. The molecule has 0 aliphatic rings. The van der Waals surface area contributed by atoms with Crippen LogP contribution < -0.4 is 9.47 Å². The Kier molecular flexibility index (Phi) is 4.07. The van der Waals surface area contributed by atoms with Crippen LogP contribution in [0, 0.1) is 10.1 Å². The van der Waals surface area contributed by atoms with Gasteiger partial charge in [0.05, 0.1) is 24.2 Å². The largest absolute Gasteiger partial charge is 0.493 e. The molecule has 1 atom stereocenters. The highest BCUT2D eigenvalue weighted by molar-refractivity contribution is 5.48. The lowest BCUT2D eigenvalue weighted by Crippen LogP contribution is -2.13. The topological polar surface area (TPSA) is 81.8 Å². The predicted octanol–water partition coefficient (Wildman–Crippen LogP) is 1.36. The first-order valence-corrected chi connectivity index (χ1v) is 4.68. The maximum absolute atomic E-state index is 10.6. The first-order valence-electron chi connectivity index (χ1n) is 4.68. The van der Waals surface area contributed by atoms with Gasteiger partial charge < -0.3 is 14.6 Å². The molecule has 0 aromatic heterocycles. The van der Waals surface area contributed by atoms with Gasteiger partial charge in [0, 0.05) is 6.07 Å². The van der Waals surface area contributed by atoms with Gasteiger partial charge in [-0.2, -0.15) is 0 Å². The Balaban J connectivity index is 2.93. The highest BCUT2D eigenvalue weighted by Gasteiger charge is 2.12. The van der Waals surface area contributed by atoms with Gasteiger partial charge in [0.2, 0.25) is 0 Å². The van der Waals surface area contributed by atoms with Crippen molar-refractivity contribution in [3.8, 4) is 11.5 Å². The number of benzene rings is 1. The molecule has 0 unspecified atom stereocenters. The molecule has 0 spiro atoms. The van der Waals surface area contributed by atoms with Crippen molar-refractivity contribution in [1.82, 2.24) is 0 Å². The summed E-state index contributed by atoms with van der Waals surface area (Å²) in [5.41, 5.74) is -0.0820. The number of hydrogen-bond donors (Lipinski definition) is 1. The number of non-ortho nitro benzene ring substituents is 1. The molecule has 0 saturated heterocycles. The van der Waals surface area contributed by atoms with E-state index in [0.717, 1.165) is 0 Å². The Labute approximate surface area is 92.6 Å². The molecule has 0 bridgehead atoms. The molecule has 0 aliphatic heterocycles. The van der Waals surface area contributed by atoms with Crippen LogP contribution in [0.15, 0.2) is 18.2 Å². The maximum atomic E-state index is 10.6. The van der Waals surface area contributed by atoms with Gasteiger partial charge in [-0.1, -0.05) is 0 Å². The lowest BCUT2D eigenvalue weighted by Gasteiger charge is -2.11. The SMILES string of the molecule is COc1ccc([N+](=O)[O-])cc1OC[C@H](C)O. The molecule has 1 rings (SSSR count). The van der Waals surface area contributed by atoms with Crippen molar-refractivity contribution < 1.29 is 19.5 Å². The van der Waals surface area contributed by atoms with Crippen molar-refractivity contribution in [2.45, 2.75) is 13.0 Å². The minimum atomic E-state index is -0.649. The van der Waals surface area contributed by atoms with Crippen LogP contribution in [-0.4, -0.2) is 29.9 Å². The second-order valence-electron chi connectivity index (χ2n) is 3.25. The molecule has 0 amide bonds. The standard InChI is InChI=1S/C10H13NO5/c1-7(12)6-16-10-5-8(11(13)14)3-4-9(10)15-2/h3-5,7,12H,6H2,1-2H3/t7-/m0/s1. The van der Waals surface area contributed by atoms with Crippen molar-refractivity contribution in [1.29, 1.82) is 0 Å². The molecule has 0 heterocycles. The van der Waals surface area contributed by atoms with E-state index >= 15 is 0 Å². The lowest BCUT2D eigenvalue weighted by atomic mass is 10.3. The number of aliphatic hydroxyl groups excluding tert-OH is 1. The van der Waals surface area contributed by atoms with Crippen LogP contribution in [0.4, 0.5) is 5.69 Å². The number of aliphatic hydroxyl groups is 1. The van der Waals surface area contributed by atoms with Crippen molar-refractivity contribution >= 4 is 5.69 Å². The Hall–Kier alpha value is -1.82. The molecule has 6 heteroatoms. The smallest absolute Gasteiger partial charge is 0.273 e. The second kappa shape index (κ2) is 5.32. The number of ether oxygens (including phenoxy) is 2. The van der Waals surface area contributed by atoms with E-state index in [-0.39, 0.29) is 18.0 Å². The summed E-state index contributed by atoms with van der Waals surface area (Å²) >= 11 is 0. The van der Waals surface area contributed by atoms with E-state index in [1.165, 1.54) is 25.3 Å². The van der Waals surface area contributed by atoms with Crippen LogP contribution in [0.25, 0.3) is 0 Å². The lowest BCUT2D eigenvalue weighted by molar-refractivity contribution is -0.385. The highest BCUT2D eigenvalue weighted by Crippen LogP contribution is 2.31. The van der Waals surface area contributed by atoms with Gasteiger partial charge in [0.15, 0.2) is 11.5 Å². The van der Waals surface area contributed by atoms with Gasteiger partial charge in [-0.25, -0.2) is 0 Å². The summed E-state index contributed by atoms with van der Waals surface area (Å²) in [4.78, 5) is 10.0. The van der Waals surface area contributed by atoms with E-state index in [4.69, 9.17) is 14.6 Å². The fourth-order valence-corrected chi connectivity index (χ4v) is 1.10. The van der Waals surface area contributed by atoms with E-state index in [1.54, 1.807) is 6.92 Å². The van der Waals surface area contributed by atoms with Crippen LogP contribution >= 0.6 is 0 Å². The van der Waals surface area contributed by atoms with Crippen molar-refractivity contribution in [2.75, 3.05) is 13.7 Å². The Morgan fingerprint density at radius 2 is 2.19 bits per heavy atom. The average Bonchev–Trinajstić information content (AvgIpc) is 2.25. The summed E-state index contributed by atoms with van der Waals surface area (Å²) < 4.78 is 10.2. The molecule has 1 aromatic rings. The minimum Gasteiger partial charge on any atom is -0.493 e. The summed E-state index contributed by atoms with van der Waals surface area (Å²) in [7, 11) is 1.44. The van der Waals surface area contributed by atoms with Crippen LogP contribution in [0.2, 0.25) is 0 Å². The van der Waals surface area contributed by atoms with E-state index in [0.29, 0.717) is 5.75 Å². The van der Waals surface area contributed by atoms with Crippen LogP contribution in [0.1, 0.15) is 6.92 Å². The molecule has 1 N–H and O–H groups in total. The molecule has 16 heavy (non-hydrogen) atoms. The fourth-order valence-electron chi connectivity index (χ4n) is 1.10. The quantitative estimate of drug-likeness (QED) is 0.606. The molecular formula is C10H13NO5. The first kappa shape index (κ1) is 12.3. The number of rotatable bonds is 5. The van der Waals surface area contributed by atoms with Gasteiger partial charge in [0.25, 0.3) is 5.69 Å². The Bertz CT molecular complexity index is 377. The first-order chi connectivity index (χ1) is 7.54. The molecule has 0 aliphatic carbocycles. The Morgan fingerprint density at radius 1 is 1.50 bits per heavy atom. The number of methoxy groups -OCH3 is 1. The number of hydrogen-bond acceptors (Lipinski definition) is 5. The summed E-state index contributed by atoms with van der Waals surface area (Å²) in [6.07, 6.45) is -0.649. The van der Waals surface area contributed by atoms with Crippen molar-refractivity contribution in [3.63, 3.8) is 0 Å². The summed E-state index contributed by atoms with van der Waals surface area (Å²) in [5, 5.41) is 19.6. The Morgan fingerprint density at radius 3 is 2.69 bits per heavy atom. The summed E-state index contributed by atoms with van der Waals surface area (Å²) in [6, 6.07) is 4.05. The second-order valence-corrected chi connectivity index (χ2v) is 3.25. The van der Waals surface area contributed by atoms with E-state index < -0.39 is 11.0 Å². The molecular weight excluding hydrogens is 214 g/mol. The molecule has 88 valence electrons. The number of nitro groups is 1. The monoisotopic (exact) mass is 227 g/mol. The van der Waals surface area contributed by atoms with E-state index in [2.05, 4.69) is 0 Å².